The molecule has 0 spiro atoms. The molecule has 3 rings (SSSR count). The fourth-order valence-corrected chi connectivity index (χ4v) is 2.79. The summed E-state index contributed by atoms with van der Waals surface area (Å²) in [6.45, 7) is 1.69. The van der Waals surface area contributed by atoms with E-state index >= 15 is 0 Å². The lowest BCUT2D eigenvalue weighted by Gasteiger charge is -2.22. The van der Waals surface area contributed by atoms with Gasteiger partial charge in [0.1, 0.15) is 11.9 Å². The number of nitrogens with one attached hydrogen (secondary N) is 1. The maximum Gasteiger partial charge on any atom is 0.131 e. The van der Waals surface area contributed by atoms with E-state index in [9.17, 15) is 0 Å². The Morgan fingerprint density at radius 1 is 1.23 bits per heavy atom. The van der Waals surface area contributed by atoms with E-state index in [0.717, 1.165) is 31.7 Å². The molecule has 0 bridgehead atoms. The first-order valence-electron chi connectivity index (χ1n) is 7.26. The van der Waals surface area contributed by atoms with Crippen LogP contribution in [-0.2, 0) is 4.74 Å². The number of hydrogen-bond acceptors (Lipinski definition) is 4. The smallest absolute Gasteiger partial charge is 0.131 e. The van der Waals surface area contributed by atoms with E-state index in [1.165, 1.54) is 11.8 Å². The van der Waals surface area contributed by atoms with Crippen LogP contribution >= 0.6 is 11.6 Å². The van der Waals surface area contributed by atoms with Gasteiger partial charge in [-0.25, -0.2) is 4.98 Å². The molecule has 0 radical (unpaired) electrons. The number of nitriles is 1. The van der Waals surface area contributed by atoms with Gasteiger partial charge in [-0.1, -0.05) is 23.7 Å². The molecule has 2 heterocycles. The minimum Gasteiger partial charge on any atom is -0.381 e. The van der Waals surface area contributed by atoms with E-state index in [4.69, 9.17) is 21.6 Å². The zero-order valence-corrected chi connectivity index (χ0v) is 12.8. The molecule has 0 amide bonds. The molecule has 22 heavy (non-hydrogen) atoms. The second-order valence-electron chi connectivity index (χ2n) is 5.29. The van der Waals surface area contributed by atoms with Gasteiger partial charge in [0.25, 0.3) is 0 Å². The quantitative estimate of drug-likeness (QED) is 0.920. The molecule has 1 fully saturated rings. The molecule has 1 aromatic heterocycles. The van der Waals surface area contributed by atoms with Crippen LogP contribution in [0.5, 0.6) is 0 Å². The summed E-state index contributed by atoms with van der Waals surface area (Å²) < 4.78 is 5.40. The van der Waals surface area contributed by atoms with E-state index in [1.807, 2.05) is 18.2 Å². The van der Waals surface area contributed by atoms with Crippen LogP contribution in [0.1, 0.15) is 29.9 Å². The molecular formula is C17H16ClN3O. The Hall–Kier alpha value is -2.09. The van der Waals surface area contributed by atoms with Crippen molar-refractivity contribution >= 4 is 23.1 Å². The molecule has 0 unspecified atom stereocenters. The highest BCUT2D eigenvalue weighted by Gasteiger charge is 2.15. The average molecular weight is 314 g/mol. The van der Waals surface area contributed by atoms with Crippen molar-refractivity contribution in [3.05, 3.63) is 52.7 Å². The highest BCUT2D eigenvalue weighted by molar-refractivity contribution is 6.31. The standard InChI is InChI=1S/C17H16ClN3O/c18-16-9-17(20-11-14(16)10-19)21-15-3-1-12(2-4-15)13-5-7-22-8-6-13/h1-4,9,11,13H,5-8H2,(H,20,21). The van der Waals surface area contributed by atoms with E-state index in [0.29, 0.717) is 22.3 Å². The summed E-state index contributed by atoms with van der Waals surface area (Å²) in [6, 6.07) is 12.0. The van der Waals surface area contributed by atoms with Crippen LogP contribution in [0.15, 0.2) is 36.5 Å². The van der Waals surface area contributed by atoms with Crippen molar-refractivity contribution < 1.29 is 4.74 Å². The first kappa shape index (κ1) is 14.8. The summed E-state index contributed by atoms with van der Waals surface area (Å²) in [5.74, 6) is 1.22. The van der Waals surface area contributed by atoms with Crippen molar-refractivity contribution in [2.45, 2.75) is 18.8 Å². The molecule has 1 aromatic carbocycles. The average Bonchev–Trinajstić information content (AvgIpc) is 2.57. The number of halogens is 1. The fraction of sp³-hybridized carbons (Fsp3) is 0.294. The van der Waals surface area contributed by atoms with Gasteiger partial charge in [-0.05, 0) is 36.5 Å². The van der Waals surface area contributed by atoms with Crippen molar-refractivity contribution in [2.24, 2.45) is 0 Å². The first-order chi connectivity index (χ1) is 10.8. The van der Waals surface area contributed by atoms with Crippen LogP contribution in [0.2, 0.25) is 5.02 Å². The molecule has 1 aliphatic heterocycles. The van der Waals surface area contributed by atoms with Crippen molar-refractivity contribution in [1.29, 1.82) is 5.26 Å². The lowest BCUT2D eigenvalue weighted by atomic mass is 9.92. The van der Waals surface area contributed by atoms with Crippen molar-refractivity contribution in [3.63, 3.8) is 0 Å². The van der Waals surface area contributed by atoms with E-state index in [-0.39, 0.29) is 0 Å². The van der Waals surface area contributed by atoms with E-state index in [2.05, 4.69) is 22.4 Å². The molecule has 5 heteroatoms. The summed E-state index contributed by atoms with van der Waals surface area (Å²) in [6.07, 6.45) is 3.64. The molecule has 112 valence electrons. The molecule has 2 aromatic rings. The Balaban J connectivity index is 1.70. The van der Waals surface area contributed by atoms with E-state index < -0.39 is 0 Å². The third-order valence-corrected chi connectivity index (χ3v) is 4.16. The molecule has 0 aliphatic carbocycles. The summed E-state index contributed by atoms with van der Waals surface area (Å²) in [5.41, 5.74) is 2.67. The van der Waals surface area contributed by atoms with Crippen molar-refractivity contribution in [3.8, 4) is 6.07 Å². The summed E-state index contributed by atoms with van der Waals surface area (Å²) in [5, 5.41) is 12.4. The third-order valence-electron chi connectivity index (χ3n) is 3.85. The minimum atomic E-state index is 0.377. The SMILES string of the molecule is N#Cc1cnc(Nc2ccc(C3CCOCC3)cc2)cc1Cl. The van der Waals surface area contributed by atoms with Gasteiger partial charge >= 0.3 is 0 Å². The Morgan fingerprint density at radius 3 is 2.59 bits per heavy atom. The summed E-state index contributed by atoms with van der Waals surface area (Å²) in [4.78, 5) is 4.18. The second kappa shape index (κ2) is 6.78. The number of ether oxygens (including phenoxy) is 1. The largest absolute Gasteiger partial charge is 0.381 e. The lowest BCUT2D eigenvalue weighted by Crippen LogP contribution is -2.13. The Bertz CT molecular complexity index is 688. The number of nitrogens with zero attached hydrogens (tertiary/aromatic N) is 2. The number of hydrogen-bond donors (Lipinski definition) is 1. The molecule has 4 nitrogen and oxygen atoms in total. The molecule has 0 atom stereocenters. The van der Waals surface area contributed by atoms with E-state index in [1.54, 1.807) is 6.07 Å². The maximum atomic E-state index is 8.85. The summed E-state index contributed by atoms with van der Waals surface area (Å²) >= 11 is 6.01. The van der Waals surface area contributed by atoms with Crippen molar-refractivity contribution in [2.75, 3.05) is 18.5 Å². The predicted molar refractivity (Wildman–Crippen MR) is 86.5 cm³/mol. The zero-order chi connectivity index (χ0) is 15.4. The van der Waals surface area contributed by atoms with Crippen LogP contribution in [-0.4, -0.2) is 18.2 Å². The Morgan fingerprint density at radius 2 is 1.95 bits per heavy atom. The monoisotopic (exact) mass is 313 g/mol. The summed E-state index contributed by atoms with van der Waals surface area (Å²) in [7, 11) is 0. The van der Waals surface area contributed by atoms with Gasteiger partial charge < -0.3 is 10.1 Å². The lowest BCUT2D eigenvalue weighted by molar-refractivity contribution is 0.0853. The van der Waals surface area contributed by atoms with Gasteiger partial charge in [0, 0.05) is 31.2 Å². The van der Waals surface area contributed by atoms with Gasteiger partial charge in [0.2, 0.25) is 0 Å². The van der Waals surface area contributed by atoms with Crippen LogP contribution < -0.4 is 5.32 Å². The highest BCUT2D eigenvalue weighted by atomic mass is 35.5. The molecular weight excluding hydrogens is 298 g/mol. The molecule has 1 saturated heterocycles. The van der Waals surface area contributed by atoms with Crippen LogP contribution in [0.3, 0.4) is 0 Å². The van der Waals surface area contributed by atoms with Gasteiger partial charge in [-0.3, -0.25) is 0 Å². The molecule has 0 saturated carbocycles. The van der Waals surface area contributed by atoms with Gasteiger partial charge in [-0.15, -0.1) is 0 Å². The number of benzene rings is 1. The van der Waals surface area contributed by atoms with Gasteiger partial charge in [0.15, 0.2) is 0 Å². The van der Waals surface area contributed by atoms with Gasteiger partial charge in [0.05, 0.1) is 10.6 Å². The maximum absolute atomic E-state index is 8.85. The third kappa shape index (κ3) is 3.38. The number of anilines is 2. The number of aromatic nitrogens is 1. The fourth-order valence-electron chi connectivity index (χ4n) is 2.60. The highest BCUT2D eigenvalue weighted by Crippen LogP contribution is 2.28. The van der Waals surface area contributed by atoms with Crippen LogP contribution in [0.25, 0.3) is 0 Å². The predicted octanol–water partition coefficient (Wildman–Crippen LogP) is 4.24. The minimum absolute atomic E-state index is 0.377. The van der Waals surface area contributed by atoms with Crippen molar-refractivity contribution in [1.82, 2.24) is 4.98 Å². The number of pyridine rings is 1. The van der Waals surface area contributed by atoms with Crippen LogP contribution in [0.4, 0.5) is 11.5 Å². The number of rotatable bonds is 3. The normalized spacial score (nSPS) is 15.3. The first-order valence-corrected chi connectivity index (χ1v) is 7.64. The second-order valence-corrected chi connectivity index (χ2v) is 5.70. The molecule has 1 aliphatic rings. The Labute approximate surface area is 134 Å². The Kier molecular flexibility index (Phi) is 4.57. The zero-order valence-electron chi connectivity index (χ0n) is 12.1. The van der Waals surface area contributed by atoms with Crippen LogP contribution in [0, 0.1) is 11.3 Å². The van der Waals surface area contributed by atoms with Gasteiger partial charge in [-0.2, -0.15) is 5.26 Å². The molecule has 1 N–H and O–H groups in total. The topological polar surface area (TPSA) is 57.9 Å².